The molecule has 32 heavy (non-hydrogen) atoms. The Labute approximate surface area is 187 Å². The van der Waals surface area contributed by atoms with E-state index >= 15 is 0 Å². The Balaban J connectivity index is 2.17. The molecular formula is C18H10Cl2F4N2O5S. The molecule has 0 bridgehead atoms. The Hall–Kier alpha value is -2.83. The lowest BCUT2D eigenvalue weighted by molar-refractivity contribution is -0.144. The number of hydrogen-bond acceptors (Lipinski definition) is 5. The SMILES string of the molecule is Cn1c(C(F)(F)F)cc(=O)n(-c2cc(OS(=O)(=O)c3ccc(Cl)cc3)c(Cl)cc2F)c1=O. The zero-order chi connectivity index (χ0) is 24.0. The zero-order valence-electron chi connectivity index (χ0n) is 15.7. The Bertz CT molecular complexity index is 1430. The van der Waals surface area contributed by atoms with E-state index in [1.54, 1.807) is 0 Å². The van der Waals surface area contributed by atoms with Crippen molar-refractivity contribution in [1.29, 1.82) is 0 Å². The van der Waals surface area contributed by atoms with Gasteiger partial charge in [0.25, 0.3) is 5.56 Å². The highest BCUT2D eigenvalue weighted by atomic mass is 35.5. The normalized spacial score (nSPS) is 12.1. The molecule has 0 aliphatic heterocycles. The number of halogens is 6. The van der Waals surface area contributed by atoms with Gasteiger partial charge >= 0.3 is 22.0 Å². The topological polar surface area (TPSA) is 87.4 Å². The van der Waals surface area contributed by atoms with Crippen LogP contribution in [0.1, 0.15) is 5.69 Å². The van der Waals surface area contributed by atoms with Crippen molar-refractivity contribution in [3.63, 3.8) is 0 Å². The largest absolute Gasteiger partial charge is 0.431 e. The lowest BCUT2D eigenvalue weighted by Crippen LogP contribution is -2.41. The van der Waals surface area contributed by atoms with E-state index in [1.165, 1.54) is 12.1 Å². The van der Waals surface area contributed by atoms with Crippen molar-refractivity contribution in [2.75, 3.05) is 0 Å². The fourth-order valence-corrected chi connectivity index (χ4v) is 3.94. The van der Waals surface area contributed by atoms with Gasteiger partial charge in [0.2, 0.25) is 0 Å². The van der Waals surface area contributed by atoms with Crippen LogP contribution in [0, 0.1) is 5.82 Å². The Kier molecular flexibility index (Phi) is 6.15. The number of benzene rings is 2. The first kappa shape index (κ1) is 23.8. The summed E-state index contributed by atoms with van der Waals surface area (Å²) in [6.45, 7) is 0. The second-order valence-corrected chi connectivity index (χ2v) is 8.66. The van der Waals surface area contributed by atoms with Crippen LogP contribution >= 0.6 is 23.2 Å². The molecule has 3 rings (SSSR count). The maximum Gasteiger partial charge on any atom is 0.431 e. The Morgan fingerprint density at radius 2 is 1.59 bits per heavy atom. The molecule has 3 aromatic rings. The lowest BCUT2D eigenvalue weighted by atomic mass is 10.2. The van der Waals surface area contributed by atoms with Crippen molar-refractivity contribution >= 4 is 33.3 Å². The summed E-state index contributed by atoms with van der Waals surface area (Å²) in [5.41, 5.74) is -5.46. The van der Waals surface area contributed by atoms with Crippen LogP contribution in [0.2, 0.25) is 10.0 Å². The minimum absolute atomic E-state index is 0.0860. The predicted octanol–water partition coefficient (Wildman–Crippen LogP) is 3.77. The van der Waals surface area contributed by atoms with Gasteiger partial charge in [-0.25, -0.2) is 13.8 Å². The molecule has 0 radical (unpaired) electrons. The van der Waals surface area contributed by atoms with Gasteiger partial charge in [-0.05, 0) is 30.3 Å². The molecule has 0 saturated heterocycles. The van der Waals surface area contributed by atoms with Crippen LogP contribution in [0.25, 0.3) is 5.69 Å². The quantitative estimate of drug-likeness (QED) is 0.392. The maximum atomic E-state index is 14.5. The summed E-state index contributed by atoms with van der Waals surface area (Å²) in [5.74, 6) is -1.96. The van der Waals surface area contributed by atoms with Crippen LogP contribution in [0.15, 0.2) is 56.9 Å². The second-order valence-electron chi connectivity index (χ2n) is 6.27. The molecule has 14 heteroatoms. The van der Waals surface area contributed by atoms with Gasteiger partial charge in [-0.3, -0.25) is 9.36 Å². The van der Waals surface area contributed by atoms with E-state index in [-0.39, 0.29) is 25.1 Å². The molecule has 1 aromatic heterocycles. The molecule has 170 valence electrons. The first-order chi connectivity index (χ1) is 14.7. The molecule has 0 fully saturated rings. The van der Waals surface area contributed by atoms with Gasteiger partial charge in [-0.2, -0.15) is 21.6 Å². The molecule has 0 N–H and O–H groups in total. The molecule has 7 nitrogen and oxygen atoms in total. The Morgan fingerprint density at radius 1 is 1.00 bits per heavy atom. The molecule has 0 saturated carbocycles. The third kappa shape index (κ3) is 4.52. The molecule has 0 aliphatic rings. The number of nitrogens with zero attached hydrogens (tertiary/aromatic N) is 2. The molecular weight excluding hydrogens is 503 g/mol. The first-order valence-corrected chi connectivity index (χ1v) is 10.5. The number of aromatic nitrogens is 2. The molecule has 2 aromatic carbocycles. The number of alkyl halides is 3. The summed E-state index contributed by atoms with van der Waals surface area (Å²) in [6.07, 6.45) is -5.02. The summed E-state index contributed by atoms with van der Waals surface area (Å²) < 4.78 is 83.6. The van der Waals surface area contributed by atoms with Gasteiger partial charge in [-0.1, -0.05) is 23.2 Å². The average Bonchev–Trinajstić information content (AvgIpc) is 2.67. The van der Waals surface area contributed by atoms with Gasteiger partial charge in [0.05, 0.1) is 10.7 Å². The van der Waals surface area contributed by atoms with Crippen molar-refractivity contribution in [3.05, 3.63) is 84.9 Å². The monoisotopic (exact) mass is 512 g/mol. The highest BCUT2D eigenvalue weighted by molar-refractivity contribution is 7.87. The van der Waals surface area contributed by atoms with Crippen LogP contribution in [-0.4, -0.2) is 17.6 Å². The Morgan fingerprint density at radius 3 is 2.16 bits per heavy atom. The third-order valence-corrected chi connectivity index (χ3v) is 5.95. The van der Waals surface area contributed by atoms with Crippen LogP contribution in [0.3, 0.4) is 0 Å². The van der Waals surface area contributed by atoms with Gasteiger partial charge in [0.1, 0.15) is 16.4 Å². The smallest absolute Gasteiger partial charge is 0.377 e. The van der Waals surface area contributed by atoms with Gasteiger partial charge in [-0.15, -0.1) is 0 Å². The fraction of sp³-hybridized carbons (Fsp3) is 0.111. The molecule has 1 heterocycles. The van der Waals surface area contributed by atoms with Gasteiger partial charge < -0.3 is 4.18 Å². The van der Waals surface area contributed by atoms with Gasteiger partial charge in [0.15, 0.2) is 5.75 Å². The van der Waals surface area contributed by atoms with E-state index in [0.29, 0.717) is 12.1 Å². The minimum Gasteiger partial charge on any atom is -0.377 e. The summed E-state index contributed by atoms with van der Waals surface area (Å²) in [7, 11) is -3.77. The maximum absolute atomic E-state index is 14.5. The van der Waals surface area contributed by atoms with Crippen LogP contribution in [0.4, 0.5) is 17.6 Å². The average molecular weight is 513 g/mol. The molecule has 0 aliphatic carbocycles. The molecule has 0 amide bonds. The van der Waals surface area contributed by atoms with E-state index in [1.807, 2.05) is 0 Å². The molecule has 0 spiro atoms. The zero-order valence-corrected chi connectivity index (χ0v) is 18.0. The van der Waals surface area contributed by atoms with Crippen LogP contribution < -0.4 is 15.4 Å². The summed E-state index contributed by atoms with van der Waals surface area (Å²) in [4.78, 5) is 24.3. The fourth-order valence-electron chi connectivity index (χ4n) is 2.64. The van der Waals surface area contributed by atoms with E-state index in [4.69, 9.17) is 27.4 Å². The molecule has 0 unspecified atom stereocenters. The van der Waals surface area contributed by atoms with E-state index in [2.05, 4.69) is 0 Å². The van der Waals surface area contributed by atoms with Crippen molar-refractivity contribution in [2.45, 2.75) is 11.1 Å². The highest BCUT2D eigenvalue weighted by Gasteiger charge is 2.35. The van der Waals surface area contributed by atoms with Crippen molar-refractivity contribution in [1.82, 2.24) is 9.13 Å². The molecule has 0 atom stereocenters. The van der Waals surface area contributed by atoms with E-state index in [9.17, 15) is 35.6 Å². The standard InChI is InChI=1S/C18H10Cl2F4N2O5S/c1-25-15(18(22,23)24)8-16(27)26(17(25)28)13-7-14(11(20)6-12(13)21)31-32(29,30)10-4-2-9(19)3-5-10/h2-8H,1H3. The lowest BCUT2D eigenvalue weighted by Gasteiger charge is -2.15. The summed E-state index contributed by atoms with van der Waals surface area (Å²) in [6, 6.07) is 6.02. The van der Waals surface area contributed by atoms with Crippen LogP contribution in [0.5, 0.6) is 5.75 Å². The summed E-state index contributed by atoms with van der Waals surface area (Å²) in [5, 5.41) is -0.302. The van der Waals surface area contributed by atoms with Crippen LogP contribution in [-0.2, 0) is 23.3 Å². The second kappa shape index (κ2) is 8.26. The number of hydrogen-bond donors (Lipinski definition) is 0. The minimum atomic E-state index is -5.02. The predicted molar refractivity (Wildman–Crippen MR) is 107 cm³/mol. The van der Waals surface area contributed by atoms with E-state index in [0.717, 1.165) is 19.2 Å². The van der Waals surface area contributed by atoms with Crippen molar-refractivity contribution < 1.29 is 30.2 Å². The highest BCUT2D eigenvalue weighted by Crippen LogP contribution is 2.32. The van der Waals surface area contributed by atoms with Crippen molar-refractivity contribution in [2.24, 2.45) is 7.05 Å². The summed E-state index contributed by atoms with van der Waals surface area (Å²) >= 11 is 11.5. The third-order valence-electron chi connectivity index (χ3n) is 4.15. The first-order valence-electron chi connectivity index (χ1n) is 8.32. The number of rotatable bonds is 4. The van der Waals surface area contributed by atoms with Crippen molar-refractivity contribution in [3.8, 4) is 11.4 Å². The van der Waals surface area contributed by atoms with Gasteiger partial charge in [0, 0.05) is 24.2 Å². The van der Waals surface area contributed by atoms with E-state index < -0.39 is 55.5 Å².